The maximum Gasteiger partial charge on any atom is 0.224 e. The van der Waals surface area contributed by atoms with E-state index in [1.165, 1.54) is 0 Å². The first-order chi connectivity index (χ1) is 9.52. The number of benzene rings is 1. The van der Waals surface area contributed by atoms with E-state index in [2.05, 4.69) is 0 Å². The van der Waals surface area contributed by atoms with Crippen LogP contribution in [0.5, 0.6) is 0 Å². The topological polar surface area (TPSA) is 89.4 Å². The van der Waals surface area contributed by atoms with Crippen molar-refractivity contribution in [2.24, 2.45) is 11.5 Å². The Morgan fingerprint density at radius 2 is 1.90 bits per heavy atom. The molecule has 5 nitrogen and oxygen atoms in total. The number of nitrogens with zero attached hydrogens (tertiary/aromatic N) is 1. The molecule has 1 atom stereocenters. The maximum atomic E-state index is 12.2. The Morgan fingerprint density at radius 3 is 2.45 bits per heavy atom. The van der Waals surface area contributed by atoms with E-state index in [-0.39, 0.29) is 18.4 Å². The van der Waals surface area contributed by atoms with Gasteiger partial charge in [0.2, 0.25) is 11.8 Å². The van der Waals surface area contributed by atoms with Crippen LogP contribution < -0.4 is 11.5 Å². The van der Waals surface area contributed by atoms with Gasteiger partial charge in [0.05, 0.1) is 0 Å². The molecule has 0 heterocycles. The molecule has 0 aliphatic rings. The summed E-state index contributed by atoms with van der Waals surface area (Å²) in [5.74, 6) is -0.444. The van der Waals surface area contributed by atoms with Gasteiger partial charge in [-0.15, -0.1) is 0 Å². The number of hydrogen-bond donors (Lipinski definition) is 2. The van der Waals surface area contributed by atoms with Crippen LogP contribution in [0.15, 0.2) is 30.3 Å². The molecule has 0 spiro atoms. The Bertz CT molecular complexity index is 434. The summed E-state index contributed by atoms with van der Waals surface area (Å²) in [4.78, 5) is 24.8. The highest BCUT2D eigenvalue weighted by Crippen LogP contribution is 2.08. The molecule has 0 fully saturated rings. The molecule has 1 rings (SSSR count). The van der Waals surface area contributed by atoms with E-state index in [0.29, 0.717) is 19.5 Å². The minimum Gasteiger partial charge on any atom is -0.370 e. The van der Waals surface area contributed by atoms with Gasteiger partial charge >= 0.3 is 0 Å². The molecule has 0 radical (unpaired) electrons. The molecule has 0 bridgehead atoms. The largest absolute Gasteiger partial charge is 0.370 e. The Hall–Kier alpha value is -1.88. The van der Waals surface area contributed by atoms with Crippen molar-refractivity contribution in [3.8, 4) is 0 Å². The van der Waals surface area contributed by atoms with Crippen LogP contribution in [0.3, 0.4) is 0 Å². The van der Waals surface area contributed by atoms with E-state index >= 15 is 0 Å². The highest BCUT2D eigenvalue weighted by molar-refractivity contribution is 5.78. The third kappa shape index (κ3) is 5.84. The van der Waals surface area contributed by atoms with E-state index < -0.39 is 5.91 Å². The van der Waals surface area contributed by atoms with E-state index in [9.17, 15) is 9.59 Å². The van der Waals surface area contributed by atoms with Crippen LogP contribution in [0, 0.1) is 0 Å². The zero-order valence-electron chi connectivity index (χ0n) is 11.9. The number of rotatable bonds is 8. The average molecular weight is 277 g/mol. The van der Waals surface area contributed by atoms with Crippen LogP contribution in [0.25, 0.3) is 0 Å². The summed E-state index contributed by atoms with van der Waals surface area (Å²) in [6.45, 7) is 2.76. The van der Waals surface area contributed by atoms with Crippen molar-refractivity contribution in [3.05, 3.63) is 35.9 Å². The predicted octanol–water partition coefficient (Wildman–Crippen LogP) is 1.02. The molecule has 4 N–H and O–H groups in total. The third-order valence-corrected chi connectivity index (χ3v) is 3.16. The van der Waals surface area contributed by atoms with Gasteiger partial charge in [-0.3, -0.25) is 9.59 Å². The Balaban J connectivity index is 2.68. The molecule has 0 saturated carbocycles. The summed E-state index contributed by atoms with van der Waals surface area (Å²) in [5.41, 5.74) is 12.0. The second-order valence-corrected chi connectivity index (χ2v) is 4.89. The minimum atomic E-state index is -0.407. The van der Waals surface area contributed by atoms with Crippen LogP contribution in [0.4, 0.5) is 0 Å². The zero-order chi connectivity index (χ0) is 15.0. The van der Waals surface area contributed by atoms with E-state index in [4.69, 9.17) is 11.5 Å². The van der Waals surface area contributed by atoms with Crippen LogP contribution >= 0.6 is 0 Å². The second-order valence-electron chi connectivity index (χ2n) is 4.89. The van der Waals surface area contributed by atoms with Crippen molar-refractivity contribution < 1.29 is 9.59 Å². The molecule has 0 saturated heterocycles. The lowest BCUT2D eigenvalue weighted by atomic mass is 10.1. The van der Waals surface area contributed by atoms with Crippen LogP contribution in [0.1, 0.15) is 31.7 Å². The Morgan fingerprint density at radius 1 is 1.25 bits per heavy atom. The van der Waals surface area contributed by atoms with Crippen molar-refractivity contribution in [2.45, 2.75) is 38.8 Å². The van der Waals surface area contributed by atoms with E-state index in [0.717, 1.165) is 12.0 Å². The van der Waals surface area contributed by atoms with Gasteiger partial charge in [0.25, 0.3) is 0 Å². The lowest BCUT2D eigenvalue weighted by Crippen LogP contribution is -2.37. The lowest BCUT2D eigenvalue weighted by molar-refractivity contribution is -0.132. The molecule has 5 heteroatoms. The molecule has 1 unspecified atom stereocenters. The molecule has 20 heavy (non-hydrogen) atoms. The molecule has 0 aliphatic heterocycles. The molecular formula is C15H23N3O2. The van der Waals surface area contributed by atoms with Gasteiger partial charge in [0, 0.05) is 32.0 Å². The predicted molar refractivity (Wildman–Crippen MR) is 78.6 cm³/mol. The molecule has 110 valence electrons. The first-order valence-electron chi connectivity index (χ1n) is 6.88. The maximum absolute atomic E-state index is 12.2. The van der Waals surface area contributed by atoms with Crippen molar-refractivity contribution in [1.82, 2.24) is 4.90 Å². The van der Waals surface area contributed by atoms with Gasteiger partial charge in [0.1, 0.15) is 0 Å². The highest BCUT2D eigenvalue weighted by Gasteiger charge is 2.17. The summed E-state index contributed by atoms with van der Waals surface area (Å²) in [6.07, 6.45) is 1.21. The summed E-state index contributed by atoms with van der Waals surface area (Å²) in [6, 6.07) is 9.52. The zero-order valence-corrected chi connectivity index (χ0v) is 11.9. The fraction of sp³-hybridized carbons (Fsp3) is 0.467. The second kappa shape index (κ2) is 8.32. The summed E-state index contributed by atoms with van der Waals surface area (Å²) >= 11 is 0. The normalized spacial score (nSPS) is 11.9. The van der Waals surface area contributed by atoms with Crippen molar-refractivity contribution in [2.75, 3.05) is 6.54 Å². The molecule has 1 aromatic carbocycles. The number of carbonyl (C=O) groups is 2. The van der Waals surface area contributed by atoms with Crippen molar-refractivity contribution in [3.63, 3.8) is 0 Å². The Kier molecular flexibility index (Phi) is 6.73. The lowest BCUT2D eigenvalue weighted by Gasteiger charge is -2.23. The van der Waals surface area contributed by atoms with Gasteiger partial charge in [-0.25, -0.2) is 0 Å². The van der Waals surface area contributed by atoms with Gasteiger partial charge < -0.3 is 16.4 Å². The monoisotopic (exact) mass is 277 g/mol. The molecule has 0 aliphatic carbocycles. The van der Waals surface area contributed by atoms with E-state index in [1.807, 2.05) is 37.3 Å². The van der Waals surface area contributed by atoms with Crippen molar-refractivity contribution in [1.29, 1.82) is 0 Å². The Labute approximate surface area is 119 Å². The van der Waals surface area contributed by atoms with Gasteiger partial charge in [-0.05, 0) is 12.0 Å². The highest BCUT2D eigenvalue weighted by atomic mass is 16.2. The SMILES string of the molecule is CCC(N)CC(=O)N(CCC(N)=O)Cc1ccccc1. The molecule has 0 aromatic heterocycles. The first kappa shape index (κ1) is 16.2. The summed E-state index contributed by atoms with van der Waals surface area (Å²) in [7, 11) is 0. The average Bonchev–Trinajstić information content (AvgIpc) is 2.44. The number of nitrogens with two attached hydrogens (primary N) is 2. The fourth-order valence-corrected chi connectivity index (χ4v) is 1.84. The summed E-state index contributed by atoms with van der Waals surface area (Å²) in [5, 5.41) is 0. The number of carbonyl (C=O) groups excluding carboxylic acids is 2. The van der Waals surface area contributed by atoms with Crippen LogP contribution in [-0.4, -0.2) is 29.3 Å². The van der Waals surface area contributed by atoms with Gasteiger partial charge in [-0.1, -0.05) is 37.3 Å². The minimum absolute atomic E-state index is 0.0375. The quantitative estimate of drug-likeness (QED) is 0.743. The smallest absolute Gasteiger partial charge is 0.224 e. The van der Waals surface area contributed by atoms with Gasteiger partial charge in [0.15, 0.2) is 0 Å². The van der Waals surface area contributed by atoms with Crippen LogP contribution in [-0.2, 0) is 16.1 Å². The molecule has 1 aromatic rings. The standard InChI is InChI=1S/C15H23N3O2/c1-2-13(16)10-15(20)18(9-8-14(17)19)11-12-6-4-3-5-7-12/h3-7,13H,2,8-11,16H2,1H3,(H2,17,19). The first-order valence-corrected chi connectivity index (χ1v) is 6.88. The van der Waals surface area contributed by atoms with Crippen LogP contribution in [0.2, 0.25) is 0 Å². The molecule has 2 amide bonds. The number of hydrogen-bond acceptors (Lipinski definition) is 3. The number of primary amides is 1. The van der Waals surface area contributed by atoms with E-state index in [1.54, 1.807) is 4.90 Å². The molecular weight excluding hydrogens is 254 g/mol. The van der Waals surface area contributed by atoms with Crippen molar-refractivity contribution >= 4 is 11.8 Å². The fourth-order valence-electron chi connectivity index (χ4n) is 1.84. The number of amides is 2. The third-order valence-electron chi connectivity index (χ3n) is 3.16. The summed E-state index contributed by atoms with van der Waals surface area (Å²) < 4.78 is 0. The van der Waals surface area contributed by atoms with Gasteiger partial charge in [-0.2, -0.15) is 0 Å².